The number of hydrogen-bond donors (Lipinski definition) is 1. The number of pyridine rings is 1. The monoisotopic (exact) mass is 320 g/mol. The van der Waals surface area contributed by atoms with Crippen LogP contribution in [0.1, 0.15) is 24.3 Å². The zero-order valence-corrected chi connectivity index (χ0v) is 13.2. The standard InChI is InChI=1S/C16H14Cl2N2O/c1-9-7-14(17)20-16(18)15(9)19-10(2)13-8-11-5-3-4-6-12(11)21-13/h3-8,10,19H,1-2H3. The third-order valence-electron chi connectivity index (χ3n) is 3.37. The molecule has 3 aromatic rings. The molecule has 0 aliphatic carbocycles. The number of aryl methyl sites for hydroxylation is 1. The molecule has 0 saturated heterocycles. The average Bonchev–Trinajstić information content (AvgIpc) is 2.86. The summed E-state index contributed by atoms with van der Waals surface area (Å²) in [5.41, 5.74) is 2.59. The van der Waals surface area contributed by atoms with Gasteiger partial charge in [-0.1, -0.05) is 41.4 Å². The van der Waals surface area contributed by atoms with E-state index < -0.39 is 0 Å². The maximum absolute atomic E-state index is 6.16. The summed E-state index contributed by atoms with van der Waals surface area (Å²) in [6, 6.07) is 11.7. The van der Waals surface area contributed by atoms with Gasteiger partial charge in [-0.2, -0.15) is 0 Å². The van der Waals surface area contributed by atoms with Crippen LogP contribution in [0, 0.1) is 6.92 Å². The van der Waals surface area contributed by atoms with Crippen LogP contribution in [0.5, 0.6) is 0 Å². The van der Waals surface area contributed by atoms with Crippen molar-refractivity contribution in [3.05, 3.63) is 58.0 Å². The fourth-order valence-corrected chi connectivity index (χ4v) is 2.86. The highest BCUT2D eigenvalue weighted by molar-refractivity contribution is 6.34. The molecule has 1 atom stereocenters. The third-order valence-corrected chi connectivity index (χ3v) is 3.84. The van der Waals surface area contributed by atoms with Gasteiger partial charge in [-0.25, -0.2) is 4.98 Å². The van der Waals surface area contributed by atoms with Crippen molar-refractivity contribution in [2.24, 2.45) is 0 Å². The Balaban J connectivity index is 1.91. The van der Waals surface area contributed by atoms with Crippen molar-refractivity contribution in [1.29, 1.82) is 0 Å². The summed E-state index contributed by atoms with van der Waals surface area (Å²) in [5, 5.41) is 5.17. The Morgan fingerprint density at radius 2 is 1.95 bits per heavy atom. The van der Waals surface area contributed by atoms with E-state index in [1.807, 2.05) is 44.2 Å². The van der Waals surface area contributed by atoms with E-state index in [-0.39, 0.29) is 6.04 Å². The number of fused-ring (bicyclic) bond motifs is 1. The second kappa shape index (κ2) is 5.58. The van der Waals surface area contributed by atoms with Crippen LogP contribution in [0.2, 0.25) is 10.3 Å². The first kappa shape index (κ1) is 14.2. The summed E-state index contributed by atoms with van der Waals surface area (Å²) >= 11 is 12.0. The predicted molar refractivity (Wildman–Crippen MR) is 87.2 cm³/mol. The van der Waals surface area contributed by atoms with Crippen LogP contribution < -0.4 is 5.32 Å². The summed E-state index contributed by atoms with van der Waals surface area (Å²) in [7, 11) is 0. The highest BCUT2D eigenvalue weighted by Gasteiger charge is 2.15. The van der Waals surface area contributed by atoms with E-state index in [0.717, 1.165) is 28.0 Å². The van der Waals surface area contributed by atoms with E-state index in [2.05, 4.69) is 10.3 Å². The number of rotatable bonds is 3. The summed E-state index contributed by atoms with van der Waals surface area (Å²) in [5.74, 6) is 0.849. The van der Waals surface area contributed by atoms with Gasteiger partial charge in [-0.05, 0) is 37.6 Å². The normalized spacial score (nSPS) is 12.6. The van der Waals surface area contributed by atoms with Crippen LogP contribution in [0.15, 0.2) is 40.8 Å². The Morgan fingerprint density at radius 1 is 1.19 bits per heavy atom. The number of hydrogen-bond acceptors (Lipinski definition) is 3. The molecule has 0 amide bonds. The fourth-order valence-electron chi connectivity index (χ4n) is 2.27. The van der Waals surface area contributed by atoms with Crippen molar-refractivity contribution in [3.8, 4) is 0 Å². The molecule has 0 fully saturated rings. The van der Waals surface area contributed by atoms with Crippen molar-refractivity contribution in [2.45, 2.75) is 19.9 Å². The van der Waals surface area contributed by atoms with E-state index >= 15 is 0 Å². The lowest BCUT2D eigenvalue weighted by atomic mass is 10.2. The Bertz CT molecular complexity index is 742. The largest absolute Gasteiger partial charge is 0.459 e. The highest BCUT2D eigenvalue weighted by Crippen LogP contribution is 2.31. The average molecular weight is 321 g/mol. The molecular formula is C16H14Cl2N2O. The van der Waals surface area contributed by atoms with Gasteiger partial charge in [0.2, 0.25) is 0 Å². The lowest BCUT2D eigenvalue weighted by Gasteiger charge is -2.16. The third kappa shape index (κ3) is 2.85. The molecule has 0 saturated carbocycles. The Labute approximate surface area is 132 Å². The number of nitrogens with one attached hydrogen (secondary N) is 1. The molecule has 3 nitrogen and oxygen atoms in total. The molecule has 108 valence electrons. The van der Waals surface area contributed by atoms with Crippen LogP contribution >= 0.6 is 23.2 Å². The van der Waals surface area contributed by atoms with Crippen LogP contribution in [-0.2, 0) is 0 Å². The van der Waals surface area contributed by atoms with Gasteiger partial charge in [0, 0.05) is 5.39 Å². The summed E-state index contributed by atoms with van der Waals surface area (Å²) in [6.07, 6.45) is 0. The molecule has 1 unspecified atom stereocenters. The van der Waals surface area contributed by atoms with Gasteiger partial charge in [0.1, 0.15) is 16.5 Å². The van der Waals surface area contributed by atoms with E-state index in [1.165, 1.54) is 0 Å². The van der Waals surface area contributed by atoms with E-state index in [1.54, 1.807) is 6.07 Å². The maximum Gasteiger partial charge on any atom is 0.154 e. The molecule has 21 heavy (non-hydrogen) atoms. The zero-order chi connectivity index (χ0) is 15.0. The Kier molecular flexibility index (Phi) is 3.79. The first-order valence-electron chi connectivity index (χ1n) is 6.62. The molecule has 1 aromatic carbocycles. The van der Waals surface area contributed by atoms with Crippen molar-refractivity contribution in [3.63, 3.8) is 0 Å². The van der Waals surface area contributed by atoms with Crippen LogP contribution in [0.4, 0.5) is 5.69 Å². The minimum absolute atomic E-state index is 0.0309. The zero-order valence-electron chi connectivity index (χ0n) is 11.7. The summed E-state index contributed by atoms with van der Waals surface area (Å²) < 4.78 is 5.85. The molecule has 1 N–H and O–H groups in total. The Morgan fingerprint density at radius 3 is 2.67 bits per heavy atom. The van der Waals surface area contributed by atoms with Gasteiger partial charge in [0.05, 0.1) is 11.7 Å². The second-order valence-corrected chi connectivity index (χ2v) is 5.73. The minimum atomic E-state index is -0.0309. The molecule has 3 rings (SSSR count). The molecular weight excluding hydrogens is 307 g/mol. The lowest BCUT2D eigenvalue weighted by molar-refractivity contribution is 0.526. The number of halogens is 2. The quantitative estimate of drug-likeness (QED) is 0.637. The Hall–Kier alpha value is -1.71. The van der Waals surface area contributed by atoms with E-state index in [9.17, 15) is 0 Å². The maximum atomic E-state index is 6.16. The van der Waals surface area contributed by atoms with Crippen molar-refractivity contribution < 1.29 is 4.42 Å². The number of aromatic nitrogens is 1. The summed E-state index contributed by atoms with van der Waals surface area (Å²) in [4.78, 5) is 4.06. The first-order valence-corrected chi connectivity index (χ1v) is 7.38. The SMILES string of the molecule is Cc1cc(Cl)nc(Cl)c1NC(C)c1cc2ccccc2o1. The number of anilines is 1. The van der Waals surface area contributed by atoms with Gasteiger partial charge in [-0.3, -0.25) is 0 Å². The minimum Gasteiger partial charge on any atom is -0.459 e. The lowest BCUT2D eigenvalue weighted by Crippen LogP contribution is -2.08. The molecule has 5 heteroatoms. The molecule has 0 radical (unpaired) electrons. The van der Waals surface area contributed by atoms with Gasteiger partial charge < -0.3 is 9.73 Å². The molecule has 0 aliphatic rings. The summed E-state index contributed by atoms with van der Waals surface area (Å²) in [6.45, 7) is 3.95. The number of para-hydroxylation sites is 1. The van der Waals surface area contributed by atoms with Gasteiger partial charge in [-0.15, -0.1) is 0 Å². The molecule has 2 heterocycles. The van der Waals surface area contributed by atoms with Gasteiger partial charge in [0.25, 0.3) is 0 Å². The number of furan rings is 1. The smallest absolute Gasteiger partial charge is 0.154 e. The van der Waals surface area contributed by atoms with Crippen molar-refractivity contribution in [2.75, 3.05) is 5.32 Å². The van der Waals surface area contributed by atoms with Gasteiger partial charge in [0.15, 0.2) is 5.15 Å². The molecule has 0 spiro atoms. The van der Waals surface area contributed by atoms with E-state index in [4.69, 9.17) is 27.6 Å². The number of nitrogens with zero attached hydrogens (tertiary/aromatic N) is 1. The molecule has 2 aromatic heterocycles. The number of benzene rings is 1. The fraction of sp³-hybridized carbons (Fsp3) is 0.188. The predicted octanol–water partition coefficient (Wildman–Crippen LogP) is 5.62. The molecule has 0 aliphatic heterocycles. The van der Waals surface area contributed by atoms with Crippen molar-refractivity contribution in [1.82, 2.24) is 4.98 Å². The van der Waals surface area contributed by atoms with E-state index in [0.29, 0.717) is 10.3 Å². The second-order valence-electron chi connectivity index (χ2n) is 4.98. The van der Waals surface area contributed by atoms with Crippen LogP contribution in [0.25, 0.3) is 11.0 Å². The van der Waals surface area contributed by atoms with Gasteiger partial charge >= 0.3 is 0 Å². The first-order chi connectivity index (χ1) is 10.0. The highest BCUT2D eigenvalue weighted by atomic mass is 35.5. The van der Waals surface area contributed by atoms with Crippen LogP contribution in [0.3, 0.4) is 0 Å². The topological polar surface area (TPSA) is 38.1 Å². The van der Waals surface area contributed by atoms with Crippen LogP contribution in [-0.4, -0.2) is 4.98 Å². The van der Waals surface area contributed by atoms with Crippen molar-refractivity contribution >= 4 is 39.9 Å². The molecule has 0 bridgehead atoms.